The summed E-state index contributed by atoms with van der Waals surface area (Å²) in [6.45, 7) is 8.94. The van der Waals surface area contributed by atoms with E-state index < -0.39 is 0 Å². The van der Waals surface area contributed by atoms with Crippen molar-refractivity contribution in [1.29, 1.82) is 0 Å². The van der Waals surface area contributed by atoms with Crippen molar-refractivity contribution in [3.05, 3.63) is 35.4 Å². The van der Waals surface area contributed by atoms with Crippen LogP contribution < -0.4 is 5.73 Å². The monoisotopic (exact) mass is 237 g/mol. The van der Waals surface area contributed by atoms with E-state index in [1.165, 1.54) is 11.1 Å². The van der Waals surface area contributed by atoms with Crippen LogP contribution in [-0.2, 0) is 11.8 Å². The Labute approximate surface area is 102 Å². The van der Waals surface area contributed by atoms with E-state index in [9.17, 15) is 0 Å². The van der Waals surface area contributed by atoms with Gasteiger partial charge in [-0.3, -0.25) is 0 Å². The zero-order valence-electron chi connectivity index (χ0n) is 10.9. The lowest BCUT2D eigenvalue weighted by molar-refractivity contribution is 0.589. The van der Waals surface area contributed by atoms with Crippen molar-refractivity contribution in [2.45, 2.75) is 38.6 Å². The van der Waals surface area contributed by atoms with Gasteiger partial charge >= 0.3 is 0 Å². The van der Waals surface area contributed by atoms with Gasteiger partial charge in [-0.25, -0.2) is 0 Å². The highest BCUT2D eigenvalue weighted by Crippen LogP contribution is 2.22. The molecule has 1 rings (SSSR count). The van der Waals surface area contributed by atoms with Gasteiger partial charge in [-0.1, -0.05) is 45.0 Å². The zero-order valence-corrected chi connectivity index (χ0v) is 11.9. The third kappa shape index (κ3) is 4.23. The van der Waals surface area contributed by atoms with Gasteiger partial charge in [0.15, 0.2) is 0 Å². The molecule has 2 N–H and O–H groups in total. The molecule has 2 heteroatoms. The van der Waals surface area contributed by atoms with E-state index in [0.29, 0.717) is 6.04 Å². The largest absolute Gasteiger partial charge is 0.327 e. The summed E-state index contributed by atoms with van der Waals surface area (Å²) < 4.78 is 0. The van der Waals surface area contributed by atoms with Gasteiger partial charge in [0, 0.05) is 6.04 Å². The van der Waals surface area contributed by atoms with Gasteiger partial charge in [0.25, 0.3) is 0 Å². The number of rotatable bonds is 4. The normalized spacial score (nSPS) is 14.6. The standard InChI is InChI=1S/C14H24NP/c1-14(2,3)12-7-5-11(6-8-12)9-13(15)10-16-4/h5-8,13,16H,9-10,15H2,1-4H3. The van der Waals surface area contributed by atoms with Crippen molar-refractivity contribution < 1.29 is 0 Å². The lowest BCUT2D eigenvalue weighted by atomic mass is 9.86. The number of hydrogen-bond acceptors (Lipinski definition) is 1. The highest BCUT2D eigenvalue weighted by atomic mass is 31.1. The Bertz CT molecular complexity index is 311. The summed E-state index contributed by atoms with van der Waals surface area (Å²) in [5.74, 6) is 0. The Balaban J connectivity index is 2.65. The third-order valence-electron chi connectivity index (χ3n) is 2.78. The van der Waals surface area contributed by atoms with Gasteiger partial charge in [0.05, 0.1) is 0 Å². The summed E-state index contributed by atoms with van der Waals surface area (Å²) >= 11 is 0. The van der Waals surface area contributed by atoms with Crippen LogP contribution in [0.5, 0.6) is 0 Å². The van der Waals surface area contributed by atoms with E-state index in [4.69, 9.17) is 5.73 Å². The molecule has 16 heavy (non-hydrogen) atoms. The number of benzene rings is 1. The van der Waals surface area contributed by atoms with Crippen molar-refractivity contribution in [3.63, 3.8) is 0 Å². The van der Waals surface area contributed by atoms with E-state index >= 15 is 0 Å². The van der Waals surface area contributed by atoms with Crippen molar-refractivity contribution >= 4 is 8.58 Å². The molecule has 0 bridgehead atoms. The maximum atomic E-state index is 6.05. The topological polar surface area (TPSA) is 26.0 Å². The van der Waals surface area contributed by atoms with Gasteiger partial charge in [-0.2, -0.15) is 0 Å². The van der Waals surface area contributed by atoms with Gasteiger partial charge in [0.2, 0.25) is 0 Å². The molecule has 0 saturated heterocycles. The maximum Gasteiger partial charge on any atom is 0.0116 e. The fourth-order valence-corrected chi connectivity index (χ4v) is 2.45. The molecule has 0 heterocycles. The second kappa shape index (κ2) is 5.80. The van der Waals surface area contributed by atoms with Gasteiger partial charge in [-0.15, -0.1) is 8.58 Å². The molecule has 0 aromatic heterocycles. The lowest BCUT2D eigenvalue weighted by Gasteiger charge is -2.19. The first-order chi connectivity index (χ1) is 7.43. The van der Waals surface area contributed by atoms with Crippen molar-refractivity contribution in [2.75, 3.05) is 12.8 Å². The van der Waals surface area contributed by atoms with Crippen LogP contribution in [0.2, 0.25) is 0 Å². The molecule has 2 unspecified atom stereocenters. The molecule has 0 spiro atoms. The lowest BCUT2D eigenvalue weighted by Crippen LogP contribution is -2.25. The average molecular weight is 237 g/mol. The van der Waals surface area contributed by atoms with Crippen LogP contribution in [-0.4, -0.2) is 18.9 Å². The first-order valence-electron chi connectivity index (χ1n) is 5.93. The third-order valence-corrected chi connectivity index (χ3v) is 3.72. The Morgan fingerprint density at radius 2 is 1.75 bits per heavy atom. The van der Waals surface area contributed by atoms with E-state index in [-0.39, 0.29) is 5.41 Å². The summed E-state index contributed by atoms with van der Waals surface area (Å²) in [7, 11) is 0.953. The second-order valence-corrected chi connectivity index (χ2v) is 6.58. The molecule has 0 aliphatic heterocycles. The number of nitrogens with two attached hydrogens (primary N) is 1. The summed E-state index contributed by atoms with van der Waals surface area (Å²) in [6, 6.07) is 9.23. The summed E-state index contributed by atoms with van der Waals surface area (Å²) in [5, 5.41) is 0. The Kier molecular flexibility index (Phi) is 4.95. The Morgan fingerprint density at radius 3 is 2.19 bits per heavy atom. The molecule has 0 aliphatic carbocycles. The average Bonchev–Trinajstić information content (AvgIpc) is 2.17. The van der Waals surface area contributed by atoms with Crippen LogP contribution in [0.1, 0.15) is 31.9 Å². The van der Waals surface area contributed by atoms with E-state index in [1.54, 1.807) is 0 Å². The first-order valence-corrected chi connectivity index (χ1v) is 7.64. The summed E-state index contributed by atoms with van der Waals surface area (Å²) in [6.07, 6.45) is 2.15. The van der Waals surface area contributed by atoms with Gasteiger partial charge in [-0.05, 0) is 35.8 Å². The SMILES string of the molecule is CPCC(N)Cc1ccc(C(C)(C)C)cc1. The Hall–Kier alpha value is -0.390. The fourth-order valence-electron chi connectivity index (χ4n) is 1.78. The molecule has 1 aromatic rings. The molecule has 0 amide bonds. The van der Waals surface area contributed by atoms with Crippen molar-refractivity contribution in [1.82, 2.24) is 0 Å². The quantitative estimate of drug-likeness (QED) is 0.800. The molecule has 0 fully saturated rings. The second-order valence-electron chi connectivity index (χ2n) is 5.47. The molecular formula is C14H24NP. The van der Waals surface area contributed by atoms with E-state index in [2.05, 4.69) is 51.7 Å². The van der Waals surface area contributed by atoms with Crippen molar-refractivity contribution in [3.8, 4) is 0 Å². The molecule has 0 saturated carbocycles. The van der Waals surface area contributed by atoms with E-state index in [0.717, 1.165) is 21.2 Å². The van der Waals surface area contributed by atoms with Crippen LogP contribution in [0.25, 0.3) is 0 Å². The molecule has 0 aliphatic rings. The predicted molar refractivity (Wildman–Crippen MR) is 75.9 cm³/mol. The van der Waals surface area contributed by atoms with Crippen molar-refractivity contribution in [2.24, 2.45) is 5.73 Å². The highest BCUT2D eigenvalue weighted by molar-refractivity contribution is 7.37. The smallest absolute Gasteiger partial charge is 0.0116 e. The first kappa shape index (κ1) is 13.7. The Morgan fingerprint density at radius 1 is 1.19 bits per heavy atom. The fraction of sp³-hybridized carbons (Fsp3) is 0.571. The number of hydrogen-bond donors (Lipinski definition) is 1. The minimum absolute atomic E-state index is 0.242. The summed E-state index contributed by atoms with van der Waals surface area (Å²) in [4.78, 5) is 0. The molecule has 0 radical (unpaired) electrons. The zero-order chi connectivity index (χ0) is 12.2. The van der Waals surface area contributed by atoms with Crippen LogP contribution in [0.15, 0.2) is 24.3 Å². The highest BCUT2D eigenvalue weighted by Gasteiger charge is 2.13. The van der Waals surface area contributed by atoms with Gasteiger partial charge in [0.1, 0.15) is 0 Å². The maximum absolute atomic E-state index is 6.05. The minimum atomic E-state index is 0.242. The molecule has 1 aromatic carbocycles. The van der Waals surface area contributed by atoms with Crippen LogP contribution in [0.4, 0.5) is 0 Å². The molecular weight excluding hydrogens is 213 g/mol. The van der Waals surface area contributed by atoms with E-state index in [1.807, 2.05) is 0 Å². The van der Waals surface area contributed by atoms with Crippen LogP contribution >= 0.6 is 8.58 Å². The predicted octanol–water partition coefficient (Wildman–Crippen LogP) is 3.16. The minimum Gasteiger partial charge on any atom is -0.327 e. The van der Waals surface area contributed by atoms with Gasteiger partial charge < -0.3 is 5.73 Å². The summed E-state index contributed by atoms with van der Waals surface area (Å²) in [5.41, 5.74) is 9.04. The molecule has 2 atom stereocenters. The molecule has 90 valence electrons. The molecule has 1 nitrogen and oxygen atoms in total. The van der Waals surface area contributed by atoms with Crippen LogP contribution in [0, 0.1) is 0 Å². The van der Waals surface area contributed by atoms with Crippen LogP contribution in [0.3, 0.4) is 0 Å².